The van der Waals surface area contributed by atoms with E-state index in [1.807, 2.05) is 25.1 Å². The number of hydrogen-bond donors (Lipinski definition) is 2. The summed E-state index contributed by atoms with van der Waals surface area (Å²) in [5.74, 6) is -0.247. The van der Waals surface area contributed by atoms with Crippen molar-refractivity contribution >= 4 is 44.0 Å². The largest absolute Gasteiger partial charge is 0.490 e. The summed E-state index contributed by atoms with van der Waals surface area (Å²) in [6.07, 6.45) is 10.1. The lowest BCUT2D eigenvalue weighted by Crippen LogP contribution is -2.54. The number of carbonyl (C=O) groups is 1. The van der Waals surface area contributed by atoms with E-state index in [-0.39, 0.29) is 34.5 Å². The Labute approximate surface area is 274 Å². The van der Waals surface area contributed by atoms with E-state index in [1.54, 1.807) is 37.5 Å². The fourth-order valence-electron chi connectivity index (χ4n) is 7.85. The Hall–Kier alpha value is -2.40. The molecule has 0 aromatic heterocycles. The highest BCUT2D eigenvalue weighted by molar-refractivity contribution is 7.90. The highest BCUT2D eigenvalue weighted by atomic mass is 35.5. The van der Waals surface area contributed by atoms with E-state index in [0.717, 1.165) is 37.8 Å². The average Bonchev–Trinajstić information content (AvgIpc) is 3.10. The van der Waals surface area contributed by atoms with Gasteiger partial charge >= 0.3 is 0 Å². The zero-order valence-corrected chi connectivity index (χ0v) is 28.5. The lowest BCUT2D eigenvalue weighted by Gasteiger charge is -2.49. The van der Waals surface area contributed by atoms with Gasteiger partial charge in [-0.3, -0.25) is 9.00 Å². The van der Waals surface area contributed by atoms with Gasteiger partial charge in [-0.15, -0.1) is 0 Å². The SMILES string of the molecule is C[C@@H]1[C@@H](C)C/C=C\[C@@](O)(C[S@@](C)=O)[C@@H]2CC[C@H]2CN2C[C@@]3(CCCc4cc(Cl)ccc43)COc3ccc(cc32)C(=O)NS1(=O)=O. The molecular weight excluding hydrogens is 632 g/mol. The van der Waals surface area contributed by atoms with E-state index in [9.17, 15) is 22.5 Å². The van der Waals surface area contributed by atoms with E-state index in [4.69, 9.17) is 16.3 Å². The zero-order chi connectivity index (χ0) is 32.1. The standard InChI is InChI=1S/C34H43ClN2O6S2/c1-22-6-4-15-34(39,21-44(3)40)29-11-8-26(29)18-37-19-33(14-5-7-24-16-27(35)10-12-28(24)33)20-43-31-13-9-25(17-30(31)37)32(38)36-45(41,42)23(22)2/h4,9-10,12-13,15-17,22-23,26,29,39H,5-8,11,14,18-21H2,1-3H3,(H,36,38)/b15-4-/t22-,23+,26-,29+,33-,34+,44+/m0/s1. The number of ether oxygens (including phenoxy) is 1. The Bertz CT molecular complexity index is 1650. The maximum Gasteiger partial charge on any atom is 0.264 e. The van der Waals surface area contributed by atoms with Gasteiger partial charge in [0.25, 0.3) is 5.91 Å². The van der Waals surface area contributed by atoms with Gasteiger partial charge in [-0.2, -0.15) is 0 Å². The molecule has 1 fully saturated rings. The number of aliphatic hydroxyl groups is 1. The van der Waals surface area contributed by atoms with E-state index in [0.29, 0.717) is 36.9 Å². The van der Waals surface area contributed by atoms with Gasteiger partial charge in [-0.05, 0) is 105 Å². The second-order valence-electron chi connectivity index (χ2n) is 13.7. The predicted molar refractivity (Wildman–Crippen MR) is 179 cm³/mol. The Kier molecular flexibility index (Phi) is 8.91. The Morgan fingerprint density at radius 2 is 1.98 bits per heavy atom. The Balaban J connectivity index is 1.46. The molecule has 2 aliphatic carbocycles. The highest BCUT2D eigenvalue weighted by Gasteiger charge is 2.48. The third-order valence-corrected chi connectivity index (χ3v) is 13.7. The second kappa shape index (κ2) is 12.3. The van der Waals surface area contributed by atoms with Crippen LogP contribution in [0.25, 0.3) is 0 Å². The smallest absolute Gasteiger partial charge is 0.264 e. The molecule has 1 amide bonds. The van der Waals surface area contributed by atoms with Crippen molar-refractivity contribution in [3.63, 3.8) is 0 Å². The number of sulfonamides is 1. The van der Waals surface area contributed by atoms with Crippen LogP contribution in [0.2, 0.25) is 5.02 Å². The number of rotatable bonds is 2. The Morgan fingerprint density at radius 1 is 1.18 bits per heavy atom. The van der Waals surface area contributed by atoms with Crippen LogP contribution in [0.15, 0.2) is 48.6 Å². The molecule has 0 unspecified atom stereocenters. The number of hydrogen-bond acceptors (Lipinski definition) is 7. The summed E-state index contributed by atoms with van der Waals surface area (Å²) < 4.78 is 48.0. The first-order chi connectivity index (χ1) is 21.3. The van der Waals surface area contributed by atoms with E-state index in [2.05, 4.69) is 15.7 Å². The van der Waals surface area contributed by atoms with Gasteiger partial charge in [-0.1, -0.05) is 36.7 Å². The minimum absolute atomic E-state index is 0.113. The summed E-state index contributed by atoms with van der Waals surface area (Å²) in [5, 5.41) is 11.9. The van der Waals surface area contributed by atoms with Gasteiger partial charge in [0.2, 0.25) is 10.0 Å². The summed E-state index contributed by atoms with van der Waals surface area (Å²) in [6, 6.07) is 11.2. The molecular formula is C34H43ClN2O6S2. The number of amides is 1. The number of benzene rings is 2. The zero-order valence-electron chi connectivity index (χ0n) is 26.1. The van der Waals surface area contributed by atoms with Crippen LogP contribution in [0.3, 0.4) is 0 Å². The number of nitrogens with zero attached hydrogens (tertiary/aromatic N) is 1. The molecule has 7 atom stereocenters. The van der Waals surface area contributed by atoms with Crippen LogP contribution in [0.1, 0.15) is 67.4 Å². The van der Waals surface area contributed by atoms with Gasteiger partial charge in [0.05, 0.1) is 28.9 Å². The molecule has 1 spiro atoms. The fourth-order valence-corrected chi connectivity index (χ4v) is 10.3. The van der Waals surface area contributed by atoms with Gasteiger partial charge in [-0.25, -0.2) is 13.1 Å². The summed E-state index contributed by atoms with van der Waals surface area (Å²) in [6.45, 7) is 5.10. The number of anilines is 1. The quantitative estimate of drug-likeness (QED) is 0.432. The normalized spacial score (nSPS) is 34.2. The van der Waals surface area contributed by atoms with Crippen molar-refractivity contribution < 1.29 is 27.3 Å². The lowest BCUT2D eigenvalue weighted by molar-refractivity contribution is -0.0283. The first-order valence-corrected chi connectivity index (χ1v) is 19.5. The van der Waals surface area contributed by atoms with E-state index < -0.39 is 37.6 Å². The molecule has 11 heteroatoms. The first-order valence-electron chi connectivity index (χ1n) is 15.9. The van der Waals surface area contributed by atoms with Crippen molar-refractivity contribution in [3.8, 4) is 5.75 Å². The molecule has 2 aromatic carbocycles. The van der Waals surface area contributed by atoms with Gasteiger partial charge in [0.1, 0.15) is 5.75 Å². The van der Waals surface area contributed by atoms with Crippen LogP contribution in [0, 0.1) is 17.8 Å². The summed E-state index contributed by atoms with van der Waals surface area (Å²) >= 11 is 6.40. The van der Waals surface area contributed by atoms with Crippen molar-refractivity contribution in [2.45, 2.75) is 68.6 Å². The third-order valence-electron chi connectivity index (χ3n) is 10.7. The number of aryl methyl sites for hydroxylation is 1. The van der Waals surface area contributed by atoms with Crippen LogP contribution < -0.4 is 14.4 Å². The maximum absolute atomic E-state index is 13.4. The summed E-state index contributed by atoms with van der Waals surface area (Å²) in [4.78, 5) is 15.7. The van der Waals surface area contributed by atoms with Crippen LogP contribution >= 0.6 is 11.6 Å². The number of nitrogens with one attached hydrogen (secondary N) is 1. The van der Waals surface area contributed by atoms with Crippen LogP contribution in [0.4, 0.5) is 5.69 Å². The first kappa shape index (κ1) is 32.5. The van der Waals surface area contributed by atoms with Crippen molar-refractivity contribution in [2.75, 3.05) is 36.6 Å². The van der Waals surface area contributed by atoms with Crippen molar-refractivity contribution in [1.82, 2.24) is 4.72 Å². The predicted octanol–water partition coefficient (Wildman–Crippen LogP) is 4.99. The van der Waals surface area contributed by atoms with Crippen LogP contribution in [-0.2, 0) is 32.7 Å². The minimum atomic E-state index is -3.99. The number of halogens is 1. The number of allylic oxidation sites excluding steroid dienone is 1. The van der Waals surface area contributed by atoms with Gasteiger partial charge in [0.15, 0.2) is 0 Å². The summed E-state index contributed by atoms with van der Waals surface area (Å²) in [7, 11) is -5.24. The molecule has 0 saturated heterocycles. The molecule has 4 aliphatic rings. The highest BCUT2D eigenvalue weighted by Crippen LogP contribution is 2.48. The van der Waals surface area contributed by atoms with Crippen LogP contribution in [-0.4, -0.2) is 66.2 Å². The molecule has 2 heterocycles. The van der Waals surface area contributed by atoms with Gasteiger partial charge < -0.3 is 14.7 Å². The molecule has 45 heavy (non-hydrogen) atoms. The van der Waals surface area contributed by atoms with Crippen molar-refractivity contribution in [3.05, 3.63) is 70.3 Å². The topological polar surface area (TPSA) is 113 Å². The monoisotopic (exact) mass is 674 g/mol. The number of carbonyl (C=O) groups excluding carboxylic acids is 1. The molecule has 0 radical (unpaired) electrons. The lowest BCUT2D eigenvalue weighted by atomic mass is 9.64. The molecule has 6 rings (SSSR count). The van der Waals surface area contributed by atoms with E-state index in [1.165, 1.54) is 11.1 Å². The molecule has 244 valence electrons. The van der Waals surface area contributed by atoms with E-state index >= 15 is 0 Å². The van der Waals surface area contributed by atoms with Gasteiger partial charge in [0, 0.05) is 46.1 Å². The molecule has 2 bridgehead atoms. The number of fused-ring (bicyclic) bond motifs is 4. The summed E-state index contributed by atoms with van der Waals surface area (Å²) in [5.41, 5.74) is 1.81. The third kappa shape index (κ3) is 6.32. The molecule has 2 aromatic rings. The maximum atomic E-state index is 13.4. The molecule has 1 saturated carbocycles. The van der Waals surface area contributed by atoms with Crippen molar-refractivity contribution in [1.29, 1.82) is 0 Å². The average molecular weight is 675 g/mol. The fraction of sp³-hybridized carbons (Fsp3) is 0.559. The second-order valence-corrected chi connectivity index (χ2v) is 17.6. The minimum Gasteiger partial charge on any atom is -0.490 e. The molecule has 2 N–H and O–H groups in total. The van der Waals surface area contributed by atoms with Crippen LogP contribution in [0.5, 0.6) is 5.75 Å². The Morgan fingerprint density at radius 3 is 2.71 bits per heavy atom. The molecule has 2 aliphatic heterocycles. The van der Waals surface area contributed by atoms with Crippen molar-refractivity contribution in [2.24, 2.45) is 17.8 Å². The molecule has 8 nitrogen and oxygen atoms in total.